The highest BCUT2D eigenvalue weighted by Gasteiger charge is 2.45. The van der Waals surface area contributed by atoms with E-state index in [2.05, 4.69) is 67.6 Å². The Hall–Kier alpha value is -1.39. The highest BCUT2D eigenvalue weighted by Crippen LogP contribution is 2.41. The number of rotatable bonds is 3. The van der Waals surface area contributed by atoms with Gasteiger partial charge in [0.25, 0.3) is 0 Å². The first-order valence-corrected chi connectivity index (χ1v) is 13.5. The second-order valence-electron chi connectivity index (χ2n) is 10.0. The summed E-state index contributed by atoms with van der Waals surface area (Å²) >= 11 is 0. The molecule has 3 nitrogen and oxygen atoms in total. The van der Waals surface area contributed by atoms with Crippen LogP contribution in [0.15, 0.2) is 42.6 Å². The van der Waals surface area contributed by atoms with E-state index in [1.807, 2.05) is 25.7 Å². The Bertz CT molecular complexity index is 692. The van der Waals surface area contributed by atoms with Gasteiger partial charge < -0.3 is 9.80 Å². The van der Waals surface area contributed by atoms with Crippen LogP contribution in [0.25, 0.3) is 0 Å². The van der Waals surface area contributed by atoms with Crippen LogP contribution in [-0.2, 0) is 4.79 Å². The monoisotopic (exact) mass is 384 g/mol. The van der Waals surface area contributed by atoms with Crippen LogP contribution in [0.3, 0.4) is 0 Å². The molecule has 2 aliphatic heterocycles. The van der Waals surface area contributed by atoms with Crippen LogP contribution in [0, 0.1) is 11.3 Å². The minimum absolute atomic E-state index is 0.238. The topological polar surface area (TPSA) is 23.6 Å². The average molecular weight is 385 g/mol. The largest absolute Gasteiger partial charge is 0.319 e. The van der Waals surface area contributed by atoms with Crippen molar-refractivity contribution in [1.82, 2.24) is 9.80 Å². The van der Waals surface area contributed by atoms with Gasteiger partial charge >= 0.3 is 0 Å². The average Bonchev–Trinajstić information content (AvgIpc) is 3.06. The molecule has 4 heteroatoms. The highest BCUT2D eigenvalue weighted by atomic mass is 28.3. The smallest absolute Gasteiger partial charge is 0.231 e. The lowest BCUT2D eigenvalue weighted by Gasteiger charge is -2.46. The van der Waals surface area contributed by atoms with Gasteiger partial charge in [-0.2, -0.15) is 0 Å². The molecule has 0 radical (unpaired) electrons. The Morgan fingerprint density at radius 1 is 1.15 bits per heavy atom. The molecular weight excluding hydrogens is 348 g/mol. The molecule has 148 valence electrons. The zero-order chi connectivity index (χ0) is 19.8. The van der Waals surface area contributed by atoms with E-state index in [-0.39, 0.29) is 11.3 Å². The summed E-state index contributed by atoms with van der Waals surface area (Å²) in [6.45, 7) is 13.1. The molecule has 2 aliphatic rings. The lowest BCUT2D eigenvalue weighted by Crippen LogP contribution is -2.55. The molecule has 0 saturated carbocycles. The van der Waals surface area contributed by atoms with Crippen LogP contribution < -0.4 is 5.19 Å². The quantitative estimate of drug-likeness (QED) is 0.733. The second-order valence-corrected chi connectivity index (χ2v) is 14.7. The van der Waals surface area contributed by atoms with E-state index in [4.69, 9.17) is 0 Å². The maximum atomic E-state index is 13.0. The van der Waals surface area contributed by atoms with E-state index < -0.39 is 8.07 Å². The van der Waals surface area contributed by atoms with E-state index in [0.717, 1.165) is 6.54 Å². The molecule has 2 heterocycles. The number of benzene rings is 1. The Morgan fingerprint density at radius 3 is 2.37 bits per heavy atom. The second kappa shape index (κ2) is 7.55. The summed E-state index contributed by atoms with van der Waals surface area (Å²) < 4.78 is 0. The number of likely N-dealkylation sites (tertiary alicyclic amines) is 1. The van der Waals surface area contributed by atoms with Gasteiger partial charge in [-0.25, -0.2) is 0 Å². The molecular formula is C23H36N2OSi. The number of carbonyl (C=O) groups is 1. The summed E-state index contributed by atoms with van der Waals surface area (Å²) in [6.07, 6.45) is 7.00. The summed E-state index contributed by atoms with van der Waals surface area (Å²) in [5.74, 6) is 0.748. The number of nitrogens with zero attached hydrogens (tertiary/aromatic N) is 2. The summed E-state index contributed by atoms with van der Waals surface area (Å²) in [5, 5.41) is 1.51. The molecule has 0 bridgehead atoms. The molecule has 1 fully saturated rings. The van der Waals surface area contributed by atoms with Gasteiger partial charge in [0.2, 0.25) is 5.91 Å². The molecule has 1 amide bonds. The molecule has 1 aromatic rings. The number of carbonyl (C=O) groups excluding carboxylic acids is 1. The molecule has 1 aromatic carbocycles. The summed E-state index contributed by atoms with van der Waals surface area (Å²) in [4.78, 5) is 17.5. The normalized spacial score (nSPS) is 27.2. The minimum atomic E-state index is -1.70. The van der Waals surface area contributed by atoms with Crippen LogP contribution in [0.2, 0.25) is 18.6 Å². The fourth-order valence-electron chi connectivity index (χ4n) is 5.00. The molecule has 3 atom stereocenters. The van der Waals surface area contributed by atoms with Crippen molar-refractivity contribution in [2.45, 2.75) is 58.3 Å². The van der Waals surface area contributed by atoms with Crippen molar-refractivity contribution in [3.05, 3.63) is 42.6 Å². The van der Waals surface area contributed by atoms with Crippen molar-refractivity contribution >= 4 is 19.2 Å². The molecule has 0 spiro atoms. The first-order valence-electron chi connectivity index (χ1n) is 10.4. The molecule has 27 heavy (non-hydrogen) atoms. The van der Waals surface area contributed by atoms with Gasteiger partial charge in [-0.3, -0.25) is 4.79 Å². The molecule has 0 N–H and O–H groups in total. The maximum Gasteiger partial charge on any atom is 0.231 e. The lowest BCUT2D eigenvalue weighted by molar-refractivity contribution is -0.137. The van der Waals surface area contributed by atoms with Crippen molar-refractivity contribution in [2.24, 2.45) is 11.3 Å². The van der Waals surface area contributed by atoms with Gasteiger partial charge in [-0.1, -0.05) is 75.5 Å². The lowest BCUT2D eigenvalue weighted by atomic mass is 9.88. The van der Waals surface area contributed by atoms with E-state index in [1.165, 1.54) is 24.6 Å². The number of allylic oxidation sites excluding steroid dienone is 1. The van der Waals surface area contributed by atoms with E-state index in [1.54, 1.807) is 0 Å². The Kier molecular flexibility index (Phi) is 5.69. The zero-order valence-corrected chi connectivity index (χ0v) is 18.9. The van der Waals surface area contributed by atoms with Gasteiger partial charge in [-0.15, -0.1) is 0 Å². The molecule has 1 unspecified atom stereocenters. The third-order valence-corrected chi connectivity index (χ3v) is 10.8. The maximum absolute atomic E-state index is 13.0. The van der Waals surface area contributed by atoms with E-state index in [0.29, 0.717) is 17.5 Å². The van der Waals surface area contributed by atoms with Crippen molar-refractivity contribution in [2.75, 3.05) is 20.1 Å². The summed E-state index contributed by atoms with van der Waals surface area (Å²) in [6, 6.07) is 11.6. The third kappa shape index (κ3) is 4.07. The van der Waals surface area contributed by atoms with Gasteiger partial charge in [-0.05, 0) is 37.9 Å². The summed E-state index contributed by atoms with van der Waals surface area (Å²) in [7, 11) is 0.563. The number of hydrogen-bond acceptors (Lipinski definition) is 2. The number of amides is 1. The van der Waals surface area contributed by atoms with E-state index in [9.17, 15) is 4.79 Å². The van der Waals surface area contributed by atoms with Gasteiger partial charge in [0.05, 0.1) is 8.07 Å². The van der Waals surface area contributed by atoms with Gasteiger partial charge in [0, 0.05) is 24.2 Å². The van der Waals surface area contributed by atoms with E-state index >= 15 is 0 Å². The Labute approximate surface area is 166 Å². The Balaban J connectivity index is 1.96. The number of hydrogen-bond donors (Lipinski definition) is 0. The SMILES string of the molecule is CN1CCC[C@H]1C1CN(C(=O)C(C)(C)C)C=C[C@H]1[Si](C)(C)c1ccccc1. The van der Waals surface area contributed by atoms with Crippen molar-refractivity contribution in [3.8, 4) is 0 Å². The van der Waals surface area contributed by atoms with Crippen molar-refractivity contribution < 1.29 is 4.79 Å². The third-order valence-electron chi connectivity index (χ3n) is 6.67. The van der Waals surface area contributed by atoms with Crippen LogP contribution in [-0.4, -0.2) is 50.0 Å². The highest BCUT2D eigenvalue weighted by molar-refractivity contribution is 6.91. The van der Waals surface area contributed by atoms with Crippen LogP contribution in [0.5, 0.6) is 0 Å². The summed E-state index contributed by atoms with van der Waals surface area (Å²) in [5.41, 5.74) is 0.213. The van der Waals surface area contributed by atoms with Gasteiger partial charge in [0.1, 0.15) is 0 Å². The van der Waals surface area contributed by atoms with Gasteiger partial charge in [0.15, 0.2) is 0 Å². The fraction of sp³-hybridized carbons (Fsp3) is 0.609. The predicted octanol–water partition coefficient (Wildman–Crippen LogP) is 4.08. The standard InChI is InChI=1S/C23H36N2OSi/c1-23(2,3)22(26)25-16-14-21(19(17-25)20-13-10-15-24(20)4)27(5,6)18-11-8-7-9-12-18/h7-9,11-12,14,16,19-21H,10,13,15,17H2,1-6H3/t19?,20-,21+/m0/s1. The fourth-order valence-corrected chi connectivity index (χ4v) is 8.40. The first-order chi connectivity index (χ1) is 12.6. The zero-order valence-electron chi connectivity index (χ0n) is 17.9. The van der Waals surface area contributed by atoms with Crippen LogP contribution >= 0.6 is 0 Å². The molecule has 0 aromatic heterocycles. The predicted molar refractivity (Wildman–Crippen MR) is 117 cm³/mol. The van der Waals surface area contributed by atoms with Crippen LogP contribution in [0.1, 0.15) is 33.6 Å². The van der Waals surface area contributed by atoms with Crippen molar-refractivity contribution in [3.63, 3.8) is 0 Å². The van der Waals surface area contributed by atoms with Crippen molar-refractivity contribution in [1.29, 1.82) is 0 Å². The van der Waals surface area contributed by atoms with Crippen LogP contribution in [0.4, 0.5) is 0 Å². The first kappa shape index (κ1) is 20.3. The molecule has 3 rings (SSSR count). The molecule has 0 aliphatic carbocycles. The minimum Gasteiger partial charge on any atom is -0.319 e. The Morgan fingerprint density at radius 2 is 1.81 bits per heavy atom. The molecule has 1 saturated heterocycles.